The third kappa shape index (κ3) is 7.30. The number of alkyl halides is 3. The number of hydrogen-bond donors (Lipinski definition) is 1. The minimum Gasteiger partial charge on any atom is -0.481 e. The number of thiazole rings is 1. The van der Waals surface area contributed by atoms with Crippen LogP contribution in [-0.2, 0) is 28.8 Å². The molecule has 0 unspecified atom stereocenters. The van der Waals surface area contributed by atoms with Gasteiger partial charge in [0.1, 0.15) is 16.4 Å². The van der Waals surface area contributed by atoms with Crippen molar-refractivity contribution < 1.29 is 27.4 Å². The molecule has 1 aromatic heterocycles. The molecule has 9 heteroatoms. The Labute approximate surface area is 200 Å². The summed E-state index contributed by atoms with van der Waals surface area (Å²) in [5, 5.41) is 6.12. The quantitative estimate of drug-likeness (QED) is 0.340. The van der Waals surface area contributed by atoms with Gasteiger partial charge in [0.2, 0.25) is 0 Å². The lowest BCUT2D eigenvalue weighted by atomic mass is 9.99. The topological polar surface area (TPSA) is 60.5 Å². The van der Waals surface area contributed by atoms with E-state index in [-0.39, 0.29) is 11.3 Å². The Bertz CT molecular complexity index is 1100. The summed E-state index contributed by atoms with van der Waals surface area (Å²) in [6.45, 7) is 6.15. The van der Waals surface area contributed by atoms with Crippen LogP contribution >= 0.6 is 11.3 Å². The number of esters is 1. The molecule has 0 saturated heterocycles. The standard InChI is InChI=1S/C25H27F3N2O3S/c1-4-24(2,3)33-23(31)16-32-21-9-8-19(25(26,27)28)13-20(21)18-7-5-6-17(12-18)14-29-15-22-30-10-11-34-22/h5-13,29H,4,14-16H2,1-3H3. The molecule has 0 fully saturated rings. The molecule has 3 aromatic rings. The van der Waals surface area contributed by atoms with E-state index in [2.05, 4.69) is 10.3 Å². The lowest BCUT2D eigenvalue weighted by Crippen LogP contribution is -2.29. The predicted octanol–water partition coefficient (Wildman–Crippen LogP) is 6.23. The van der Waals surface area contributed by atoms with Gasteiger partial charge in [-0.25, -0.2) is 9.78 Å². The van der Waals surface area contributed by atoms with Crippen LogP contribution in [-0.4, -0.2) is 23.2 Å². The Morgan fingerprint density at radius 2 is 1.91 bits per heavy atom. The molecule has 0 amide bonds. The van der Waals surface area contributed by atoms with E-state index in [1.165, 1.54) is 6.07 Å². The molecule has 182 valence electrons. The summed E-state index contributed by atoms with van der Waals surface area (Å²) in [6, 6.07) is 10.4. The maximum absolute atomic E-state index is 13.4. The van der Waals surface area contributed by atoms with Crippen LogP contribution in [0.4, 0.5) is 13.2 Å². The van der Waals surface area contributed by atoms with Crippen LogP contribution in [0.15, 0.2) is 54.0 Å². The Morgan fingerprint density at radius 1 is 1.12 bits per heavy atom. The zero-order valence-electron chi connectivity index (χ0n) is 19.2. The van der Waals surface area contributed by atoms with Crippen molar-refractivity contribution in [3.63, 3.8) is 0 Å². The van der Waals surface area contributed by atoms with E-state index in [0.29, 0.717) is 25.1 Å². The highest BCUT2D eigenvalue weighted by Crippen LogP contribution is 2.37. The number of halogens is 3. The molecule has 1 N–H and O–H groups in total. The van der Waals surface area contributed by atoms with Gasteiger partial charge in [-0.3, -0.25) is 0 Å². The number of hydrogen-bond acceptors (Lipinski definition) is 6. The van der Waals surface area contributed by atoms with Crippen LogP contribution in [0.2, 0.25) is 0 Å². The van der Waals surface area contributed by atoms with E-state index in [1.807, 2.05) is 18.4 Å². The summed E-state index contributed by atoms with van der Waals surface area (Å²) in [6.07, 6.45) is -2.16. The largest absolute Gasteiger partial charge is 0.481 e. The van der Waals surface area contributed by atoms with Crippen LogP contribution in [0.3, 0.4) is 0 Å². The van der Waals surface area contributed by atoms with E-state index in [4.69, 9.17) is 9.47 Å². The van der Waals surface area contributed by atoms with Gasteiger partial charge in [-0.05, 0) is 55.7 Å². The average molecular weight is 493 g/mol. The zero-order valence-corrected chi connectivity index (χ0v) is 20.1. The molecule has 2 aromatic carbocycles. The molecule has 3 rings (SSSR count). The molecule has 0 radical (unpaired) electrons. The first-order valence-electron chi connectivity index (χ1n) is 10.8. The molecule has 5 nitrogen and oxygen atoms in total. The van der Waals surface area contributed by atoms with Crippen LogP contribution in [0.1, 0.15) is 43.3 Å². The van der Waals surface area contributed by atoms with Crippen LogP contribution in [0.5, 0.6) is 5.75 Å². The maximum Gasteiger partial charge on any atom is 0.416 e. The van der Waals surface area contributed by atoms with Gasteiger partial charge in [-0.15, -0.1) is 11.3 Å². The fourth-order valence-corrected chi connectivity index (χ4v) is 3.69. The third-order valence-electron chi connectivity index (χ3n) is 5.22. The molecule has 0 bridgehead atoms. The fraction of sp³-hybridized carbons (Fsp3) is 0.360. The number of rotatable bonds is 10. The number of carbonyl (C=O) groups is 1. The highest BCUT2D eigenvalue weighted by Gasteiger charge is 2.31. The van der Waals surface area contributed by atoms with Gasteiger partial charge in [0.25, 0.3) is 0 Å². The van der Waals surface area contributed by atoms with Gasteiger partial charge in [0, 0.05) is 30.2 Å². The molecular formula is C25H27F3N2O3S. The molecule has 0 saturated carbocycles. The smallest absolute Gasteiger partial charge is 0.416 e. The van der Waals surface area contributed by atoms with Gasteiger partial charge in [-0.1, -0.05) is 25.1 Å². The number of benzene rings is 2. The SMILES string of the molecule is CCC(C)(C)OC(=O)COc1ccc(C(F)(F)F)cc1-c1cccc(CNCc2nccs2)c1. The molecule has 34 heavy (non-hydrogen) atoms. The molecule has 0 aliphatic heterocycles. The Balaban J connectivity index is 1.81. The van der Waals surface area contributed by atoms with Crippen molar-refractivity contribution in [1.29, 1.82) is 0 Å². The highest BCUT2D eigenvalue weighted by atomic mass is 32.1. The van der Waals surface area contributed by atoms with Crippen molar-refractivity contribution >= 4 is 17.3 Å². The first-order valence-corrected chi connectivity index (χ1v) is 11.7. The molecule has 1 heterocycles. The van der Waals surface area contributed by atoms with E-state index in [0.717, 1.165) is 22.7 Å². The second-order valence-corrected chi connectivity index (χ2v) is 9.29. The van der Waals surface area contributed by atoms with Crippen molar-refractivity contribution in [2.24, 2.45) is 0 Å². The summed E-state index contributed by atoms with van der Waals surface area (Å²) >= 11 is 1.54. The van der Waals surface area contributed by atoms with Gasteiger partial charge < -0.3 is 14.8 Å². The van der Waals surface area contributed by atoms with Crippen molar-refractivity contribution in [2.75, 3.05) is 6.61 Å². The van der Waals surface area contributed by atoms with Crippen molar-refractivity contribution in [1.82, 2.24) is 10.3 Å². The Hall–Kier alpha value is -2.91. The minimum atomic E-state index is -4.51. The molecule has 0 atom stereocenters. The van der Waals surface area contributed by atoms with Crippen LogP contribution < -0.4 is 10.1 Å². The summed E-state index contributed by atoms with van der Waals surface area (Å²) in [5.74, 6) is -0.412. The number of nitrogens with zero attached hydrogens (tertiary/aromatic N) is 1. The highest BCUT2D eigenvalue weighted by molar-refractivity contribution is 7.09. The minimum absolute atomic E-state index is 0.173. The second-order valence-electron chi connectivity index (χ2n) is 8.31. The van der Waals surface area contributed by atoms with Crippen molar-refractivity contribution in [3.05, 3.63) is 70.2 Å². The van der Waals surface area contributed by atoms with Gasteiger partial charge >= 0.3 is 12.1 Å². The number of nitrogens with one attached hydrogen (secondary N) is 1. The zero-order chi connectivity index (χ0) is 24.8. The average Bonchev–Trinajstić information content (AvgIpc) is 3.30. The summed E-state index contributed by atoms with van der Waals surface area (Å²) in [7, 11) is 0. The lowest BCUT2D eigenvalue weighted by Gasteiger charge is -2.23. The summed E-state index contributed by atoms with van der Waals surface area (Å²) in [4.78, 5) is 16.4. The predicted molar refractivity (Wildman–Crippen MR) is 125 cm³/mol. The van der Waals surface area contributed by atoms with Crippen LogP contribution in [0.25, 0.3) is 11.1 Å². The third-order valence-corrected chi connectivity index (χ3v) is 6.00. The maximum atomic E-state index is 13.4. The normalized spacial score (nSPS) is 11.9. The van der Waals surface area contributed by atoms with Crippen molar-refractivity contribution in [2.45, 2.75) is 52.1 Å². The van der Waals surface area contributed by atoms with E-state index in [9.17, 15) is 18.0 Å². The van der Waals surface area contributed by atoms with Gasteiger partial charge in [0.05, 0.1) is 5.56 Å². The lowest BCUT2D eigenvalue weighted by molar-refractivity contribution is -0.159. The first kappa shape index (κ1) is 25.7. The monoisotopic (exact) mass is 492 g/mol. The molecule has 0 aliphatic carbocycles. The van der Waals surface area contributed by atoms with Gasteiger partial charge in [-0.2, -0.15) is 13.2 Å². The van der Waals surface area contributed by atoms with Crippen LogP contribution in [0, 0.1) is 0 Å². The second kappa shape index (κ2) is 11.0. The molecule has 0 aliphatic rings. The number of ether oxygens (including phenoxy) is 2. The van der Waals surface area contributed by atoms with E-state index >= 15 is 0 Å². The Kier molecular flexibility index (Phi) is 8.33. The van der Waals surface area contributed by atoms with E-state index < -0.39 is 29.9 Å². The Morgan fingerprint density at radius 3 is 2.59 bits per heavy atom. The van der Waals surface area contributed by atoms with E-state index in [1.54, 1.807) is 49.6 Å². The van der Waals surface area contributed by atoms with Gasteiger partial charge in [0.15, 0.2) is 6.61 Å². The van der Waals surface area contributed by atoms with Crippen molar-refractivity contribution in [3.8, 4) is 16.9 Å². The molecule has 0 spiro atoms. The number of carbonyl (C=O) groups excluding carboxylic acids is 1. The first-order chi connectivity index (χ1) is 16.1. The summed E-state index contributed by atoms with van der Waals surface area (Å²) < 4.78 is 51.2. The fourth-order valence-electron chi connectivity index (χ4n) is 3.11. The molecular weight excluding hydrogens is 465 g/mol. The number of aromatic nitrogens is 1. The summed E-state index contributed by atoms with van der Waals surface area (Å²) in [5.41, 5.74) is 0.248.